The molecule has 1 amide bonds. The lowest BCUT2D eigenvalue weighted by Gasteiger charge is -2.37. The summed E-state index contributed by atoms with van der Waals surface area (Å²) in [5.74, 6) is 0.178. The molecule has 1 saturated heterocycles. The van der Waals surface area contributed by atoms with Gasteiger partial charge in [-0.05, 0) is 48.9 Å². The summed E-state index contributed by atoms with van der Waals surface area (Å²) in [5, 5.41) is 3.43. The van der Waals surface area contributed by atoms with Crippen molar-refractivity contribution in [3.63, 3.8) is 0 Å². The van der Waals surface area contributed by atoms with Crippen LogP contribution in [0.4, 0.5) is 5.69 Å². The van der Waals surface area contributed by atoms with E-state index in [1.807, 2.05) is 24.1 Å². The normalized spacial score (nSPS) is 17.8. The summed E-state index contributed by atoms with van der Waals surface area (Å²) in [4.78, 5) is 17.7. The van der Waals surface area contributed by atoms with Crippen LogP contribution in [0.5, 0.6) is 0 Å². The Morgan fingerprint density at radius 3 is 2.67 bits per heavy atom. The number of hydrogen-bond donors (Lipinski definition) is 1. The maximum absolute atomic E-state index is 13.2. The Bertz CT molecular complexity index is 781. The quantitative estimate of drug-likeness (QED) is 0.898. The van der Waals surface area contributed by atoms with E-state index in [1.54, 1.807) is 0 Å². The number of carbonyl (C=O) groups excluding carboxylic acids is 1. The first-order chi connectivity index (χ1) is 13.2. The molecular formula is C23H29N3O. The number of nitrogens with one attached hydrogen (secondary N) is 1. The Labute approximate surface area is 162 Å². The molecule has 2 aliphatic heterocycles. The summed E-state index contributed by atoms with van der Waals surface area (Å²) in [6.45, 7) is 4.10. The van der Waals surface area contributed by atoms with Crippen molar-refractivity contribution in [2.45, 2.75) is 38.3 Å². The largest absolute Gasteiger partial charge is 0.385 e. The molecule has 27 heavy (non-hydrogen) atoms. The average molecular weight is 364 g/mol. The first-order valence-corrected chi connectivity index (χ1v) is 10.1. The maximum Gasteiger partial charge on any atom is 0.254 e. The number of nitrogens with zero attached hydrogens (tertiary/aromatic N) is 2. The number of carbonyl (C=O) groups is 1. The van der Waals surface area contributed by atoms with Crippen molar-refractivity contribution >= 4 is 11.6 Å². The van der Waals surface area contributed by atoms with Crippen molar-refractivity contribution in [1.29, 1.82) is 0 Å². The van der Waals surface area contributed by atoms with Crippen molar-refractivity contribution in [1.82, 2.24) is 9.80 Å². The molecule has 0 saturated carbocycles. The van der Waals surface area contributed by atoms with Crippen LogP contribution in [-0.4, -0.2) is 48.4 Å². The number of benzene rings is 2. The second-order valence-corrected chi connectivity index (χ2v) is 7.77. The summed E-state index contributed by atoms with van der Waals surface area (Å²) in [7, 11) is 1.98. The second kappa shape index (κ2) is 8.13. The number of anilines is 1. The minimum Gasteiger partial charge on any atom is -0.385 e. The Morgan fingerprint density at radius 2 is 1.89 bits per heavy atom. The first kappa shape index (κ1) is 18.1. The molecule has 4 rings (SSSR count). The molecule has 0 radical (unpaired) electrons. The lowest BCUT2D eigenvalue weighted by molar-refractivity contribution is 0.0635. The van der Waals surface area contributed by atoms with E-state index < -0.39 is 0 Å². The van der Waals surface area contributed by atoms with Crippen LogP contribution in [0.15, 0.2) is 48.5 Å². The highest BCUT2D eigenvalue weighted by molar-refractivity contribution is 5.97. The lowest BCUT2D eigenvalue weighted by atomic mass is 9.95. The number of piperidine rings is 1. The van der Waals surface area contributed by atoms with Gasteiger partial charge in [-0.15, -0.1) is 0 Å². The number of fused-ring (bicyclic) bond motifs is 1. The number of hydrogen-bond acceptors (Lipinski definition) is 3. The van der Waals surface area contributed by atoms with E-state index in [0.29, 0.717) is 6.04 Å². The summed E-state index contributed by atoms with van der Waals surface area (Å²) in [6, 6.07) is 17.1. The van der Waals surface area contributed by atoms with Gasteiger partial charge in [-0.3, -0.25) is 9.69 Å². The van der Waals surface area contributed by atoms with Gasteiger partial charge < -0.3 is 10.2 Å². The predicted molar refractivity (Wildman–Crippen MR) is 110 cm³/mol. The second-order valence-electron chi connectivity index (χ2n) is 7.77. The van der Waals surface area contributed by atoms with Crippen molar-refractivity contribution in [2.75, 3.05) is 32.0 Å². The standard InChI is InChI=1S/C23H29N3O/c1-25(23(27)21-9-5-11-22-20(21)10-6-14-24-22)19-12-15-26(16-13-19)17-18-7-3-2-4-8-18/h2-5,7-9,11,19,24H,6,10,12-17H2,1H3. The summed E-state index contributed by atoms with van der Waals surface area (Å²) >= 11 is 0. The molecule has 0 aliphatic carbocycles. The van der Waals surface area contributed by atoms with E-state index in [0.717, 1.165) is 63.1 Å². The number of rotatable bonds is 4. The average Bonchev–Trinajstić information content (AvgIpc) is 2.73. The maximum atomic E-state index is 13.2. The van der Waals surface area contributed by atoms with Crippen molar-refractivity contribution in [3.05, 3.63) is 65.2 Å². The van der Waals surface area contributed by atoms with Crippen LogP contribution in [0, 0.1) is 0 Å². The molecule has 1 fully saturated rings. The molecule has 2 heterocycles. The molecule has 0 atom stereocenters. The third-order valence-corrected chi connectivity index (χ3v) is 6.00. The van der Waals surface area contributed by atoms with Gasteiger partial charge in [-0.1, -0.05) is 36.4 Å². The van der Waals surface area contributed by atoms with E-state index in [1.165, 1.54) is 11.1 Å². The minimum absolute atomic E-state index is 0.178. The van der Waals surface area contributed by atoms with Crippen LogP contribution in [0.1, 0.15) is 40.7 Å². The molecule has 2 aromatic carbocycles. The van der Waals surface area contributed by atoms with Crippen LogP contribution in [0.2, 0.25) is 0 Å². The molecule has 4 heteroatoms. The van der Waals surface area contributed by atoms with Gasteiger partial charge in [0.2, 0.25) is 0 Å². The monoisotopic (exact) mass is 363 g/mol. The molecular weight excluding hydrogens is 334 g/mol. The van der Waals surface area contributed by atoms with Gasteiger partial charge in [0.1, 0.15) is 0 Å². The van der Waals surface area contributed by atoms with Gasteiger partial charge in [-0.2, -0.15) is 0 Å². The smallest absolute Gasteiger partial charge is 0.254 e. The van der Waals surface area contributed by atoms with Crippen LogP contribution in [-0.2, 0) is 13.0 Å². The number of amides is 1. The van der Waals surface area contributed by atoms with Gasteiger partial charge in [0, 0.05) is 50.5 Å². The molecule has 2 aromatic rings. The zero-order valence-electron chi connectivity index (χ0n) is 16.2. The number of likely N-dealkylation sites (tertiary alicyclic amines) is 1. The van der Waals surface area contributed by atoms with Gasteiger partial charge in [0.05, 0.1) is 0 Å². The van der Waals surface area contributed by atoms with Crippen molar-refractivity contribution in [3.8, 4) is 0 Å². The highest BCUT2D eigenvalue weighted by Crippen LogP contribution is 2.27. The van der Waals surface area contributed by atoms with E-state index in [2.05, 4.69) is 46.6 Å². The molecule has 0 bridgehead atoms. The van der Waals surface area contributed by atoms with Gasteiger partial charge >= 0.3 is 0 Å². The van der Waals surface area contributed by atoms with Gasteiger partial charge in [0.25, 0.3) is 5.91 Å². The highest BCUT2D eigenvalue weighted by atomic mass is 16.2. The fraction of sp³-hybridized carbons (Fsp3) is 0.435. The van der Waals surface area contributed by atoms with Gasteiger partial charge in [0.15, 0.2) is 0 Å². The molecule has 0 spiro atoms. The topological polar surface area (TPSA) is 35.6 Å². The van der Waals surface area contributed by atoms with Crippen LogP contribution < -0.4 is 5.32 Å². The third-order valence-electron chi connectivity index (χ3n) is 6.00. The van der Waals surface area contributed by atoms with E-state index >= 15 is 0 Å². The predicted octanol–water partition coefficient (Wildman–Crippen LogP) is 3.78. The molecule has 0 aromatic heterocycles. The fourth-order valence-corrected chi connectivity index (χ4v) is 4.37. The zero-order valence-corrected chi connectivity index (χ0v) is 16.2. The van der Waals surface area contributed by atoms with Crippen molar-refractivity contribution < 1.29 is 4.79 Å². The fourth-order valence-electron chi connectivity index (χ4n) is 4.37. The molecule has 142 valence electrons. The van der Waals surface area contributed by atoms with Crippen LogP contribution >= 0.6 is 0 Å². The third kappa shape index (κ3) is 4.01. The summed E-state index contributed by atoms with van der Waals surface area (Å²) in [5.41, 5.74) is 4.58. The summed E-state index contributed by atoms with van der Waals surface area (Å²) < 4.78 is 0. The molecule has 1 N–H and O–H groups in total. The van der Waals surface area contributed by atoms with Crippen LogP contribution in [0.3, 0.4) is 0 Å². The SMILES string of the molecule is CN(C(=O)c1cccc2c1CCCN2)C1CCN(Cc2ccccc2)CC1. The van der Waals surface area contributed by atoms with Crippen LogP contribution in [0.25, 0.3) is 0 Å². The minimum atomic E-state index is 0.178. The molecule has 0 unspecified atom stereocenters. The molecule has 2 aliphatic rings. The Balaban J connectivity index is 1.38. The highest BCUT2D eigenvalue weighted by Gasteiger charge is 2.28. The Hall–Kier alpha value is -2.33. The first-order valence-electron chi connectivity index (χ1n) is 10.1. The Morgan fingerprint density at radius 1 is 1.11 bits per heavy atom. The lowest BCUT2D eigenvalue weighted by Crippen LogP contribution is -2.45. The van der Waals surface area contributed by atoms with Crippen molar-refractivity contribution in [2.24, 2.45) is 0 Å². The summed E-state index contributed by atoms with van der Waals surface area (Å²) in [6.07, 6.45) is 4.18. The molecule has 4 nitrogen and oxygen atoms in total. The van der Waals surface area contributed by atoms with E-state index in [-0.39, 0.29) is 5.91 Å². The van der Waals surface area contributed by atoms with Gasteiger partial charge in [-0.25, -0.2) is 0 Å². The zero-order chi connectivity index (χ0) is 18.6. The van der Waals surface area contributed by atoms with E-state index in [4.69, 9.17) is 0 Å². The Kier molecular flexibility index (Phi) is 5.44. The van der Waals surface area contributed by atoms with E-state index in [9.17, 15) is 4.79 Å².